The number of benzene rings is 1. The second kappa shape index (κ2) is 7.26. The number of aromatic nitrogens is 5. The predicted molar refractivity (Wildman–Crippen MR) is 109 cm³/mol. The van der Waals surface area contributed by atoms with E-state index in [0.29, 0.717) is 26.9 Å². The molecule has 0 aliphatic heterocycles. The van der Waals surface area contributed by atoms with E-state index in [0.717, 1.165) is 23.5 Å². The van der Waals surface area contributed by atoms with Crippen LogP contribution in [0.4, 0.5) is 5.69 Å². The lowest BCUT2D eigenvalue weighted by Crippen LogP contribution is -2.13. The average Bonchev–Trinajstić information content (AvgIpc) is 3.28. The summed E-state index contributed by atoms with van der Waals surface area (Å²) < 4.78 is 3.49. The molecule has 1 amide bonds. The van der Waals surface area contributed by atoms with E-state index in [1.54, 1.807) is 28.9 Å². The number of rotatable bonds is 4. The summed E-state index contributed by atoms with van der Waals surface area (Å²) in [5.41, 5.74) is 3.71. The average molecular weight is 415 g/mol. The molecular formula is C19H16Cl2N6O. The lowest BCUT2D eigenvalue weighted by molar-refractivity contribution is 0.102. The van der Waals surface area contributed by atoms with Gasteiger partial charge in [0.15, 0.2) is 5.65 Å². The van der Waals surface area contributed by atoms with Gasteiger partial charge in [-0.15, -0.1) is 0 Å². The zero-order valence-corrected chi connectivity index (χ0v) is 16.7. The van der Waals surface area contributed by atoms with Crippen molar-refractivity contribution in [3.8, 4) is 11.3 Å². The van der Waals surface area contributed by atoms with Crippen molar-refractivity contribution in [3.05, 3.63) is 64.2 Å². The van der Waals surface area contributed by atoms with Crippen molar-refractivity contribution in [2.45, 2.75) is 20.4 Å². The van der Waals surface area contributed by atoms with Crippen LogP contribution < -0.4 is 5.32 Å². The van der Waals surface area contributed by atoms with Gasteiger partial charge in [0, 0.05) is 24.5 Å². The molecule has 0 spiro atoms. The third-order valence-electron chi connectivity index (χ3n) is 4.39. The van der Waals surface area contributed by atoms with E-state index in [4.69, 9.17) is 23.2 Å². The van der Waals surface area contributed by atoms with E-state index >= 15 is 0 Å². The Kier molecular flexibility index (Phi) is 4.78. The van der Waals surface area contributed by atoms with Crippen molar-refractivity contribution in [1.29, 1.82) is 0 Å². The fourth-order valence-electron chi connectivity index (χ4n) is 2.99. The maximum absolute atomic E-state index is 12.8. The summed E-state index contributed by atoms with van der Waals surface area (Å²) in [6, 6.07) is 6.87. The number of carbonyl (C=O) groups excluding carboxylic acids is 1. The van der Waals surface area contributed by atoms with E-state index in [9.17, 15) is 4.79 Å². The van der Waals surface area contributed by atoms with E-state index in [-0.39, 0.29) is 0 Å². The monoisotopic (exact) mass is 414 g/mol. The highest BCUT2D eigenvalue weighted by Gasteiger charge is 2.19. The minimum Gasteiger partial charge on any atom is -0.319 e. The van der Waals surface area contributed by atoms with E-state index in [1.165, 1.54) is 6.20 Å². The number of para-hydroxylation sites is 1. The van der Waals surface area contributed by atoms with Crippen LogP contribution in [0.15, 0.2) is 42.9 Å². The molecule has 0 radical (unpaired) electrons. The molecule has 1 aromatic carbocycles. The molecule has 3 heterocycles. The predicted octanol–water partition coefficient (Wildman–Crippen LogP) is 4.48. The van der Waals surface area contributed by atoms with Gasteiger partial charge in [0.25, 0.3) is 5.91 Å². The number of nitrogens with one attached hydrogen (secondary N) is 1. The highest BCUT2D eigenvalue weighted by atomic mass is 35.5. The molecular weight excluding hydrogens is 399 g/mol. The van der Waals surface area contributed by atoms with Gasteiger partial charge in [-0.05, 0) is 32.0 Å². The van der Waals surface area contributed by atoms with Crippen LogP contribution in [0.25, 0.3) is 16.9 Å². The third kappa shape index (κ3) is 3.12. The van der Waals surface area contributed by atoms with Gasteiger partial charge >= 0.3 is 0 Å². The SMILES string of the molecule is CCn1cc(-c2ccnc3c(C(=O)Nc4c(Cl)cccc4Cl)cnn23)c(C)n1. The molecule has 0 unspecified atom stereocenters. The van der Waals surface area contributed by atoms with Gasteiger partial charge in [-0.25, -0.2) is 9.50 Å². The lowest BCUT2D eigenvalue weighted by atomic mass is 10.2. The van der Waals surface area contributed by atoms with Crippen LogP contribution in [0.5, 0.6) is 0 Å². The van der Waals surface area contributed by atoms with Crippen LogP contribution in [-0.2, 0) is 6.54 Å². The Hall–Kier alpha value is -2.90. The number of fused-ring (bicyclic) bond motifs is 1. The summed E-state index contributed by atoms with van der Waals surface area (Å²) in [6.45, 7) is 4.72. The van der Waals surface area contributed by atoms with Crippen LogP contribution in [-0.4, -0.2) is 30.3 Å². The normalized spacial score (nSPS) is 11.1. The van der Waals surface area contributed by atoms with E-state index < -0.39 is 5.91 Å². The molecule has 0 atom stereocenters. The maximum atomic E-state index is 12.8. The first-order chi connectivity index (χ1) is 13.5. The second-order valence-corrected chi connectivity index (χ2v) is 6.97. The molecule has 0 bridgehead atoms. The van der Waals surface area contributed by atoms with E-state index in [2.05, 4.69) is 20.5 Å². The number of anilines is 1. The number of nitrogens with zero attached hydrogens (tertiary/aromatic N) is 5. The van der Waals surface area contributed by atoms with Crippen molar-refractivity contribution >= 4 is 40.4 Å². The molecule has 0 fully saturated rings. The largest absolute Gasteiger partial charge is 0.319 e. The fraction of sp³-hybridized carbons (Fsp3) is 0.158. The first-order valence-electron chi connectivity index (χ1n) is 8.62. The number of hydrogen-bond donors (Lipinski definition) is 1. The zero-order valence-electron chi connectivity index (χ0n) is 15.1. The van der Waals surface area contributed by atoms with Gasteiger partial charge in [0.05, 0.1) is 33.3 Å². The summed E-state index contributed by atoms with van der Waals surface area (Å²) in [6.07, 6.45) is 5.08. The summed E-state index contributed by atoms with van der Waals surface area (Å²) in [7, 11) is 0. The first-order valence-corrected chi connectivity index (χ1v) is 9.37. The maximum Gasteiger partial charge on any atom is 0.261 e. The Bertz CT molecular complexity index is 1180. The second-order valence-electron chi connectivity index (χ2n) is 6.16. The number of amides is 1. The standard InChI is InChI=1S/C19H16Cl2N6O/c1-3-26-10-13(11(2)25-26)16-7-8-22-18-12(9-23-27(16)18)19(28)24-17-14(20)5-4-6-15(17)21/h4-10H,3H2,1-2H3,(H,24,28). The smallest absolute Gasteiger partial charge is 0.261 e. The van der Waals surface area contributed by atoms with Gasteiger partial charge in [-0.3, -0.25) is 9.48 Å². The third-order valence-corrected chi connectivity index (χ3v) is 5.02. The Morgan fingerprint density at radius 3 is 2.64 bits per heavy atom. The molecule has 142 valence electrons. The summed E-state index contributed by atoms with van der Waals surface area (Å²) >= 11 is 12.3. The Morgan fingerprint density at radius 1 is 1.21 bits per heavy atom. The Morgan fingerprint density at radius 2 is 1.96 bits per heavy atom. The van der Waals surface area contributed by atoms with Crippen molar-refractivity contribution < 1.29 is 4.79 Å². The van der Waals surface area contributed by atoms with Crippen molar-refractivity contribution in [3.63, 3.8) is 0 Å². The molecule has 4 aromatic rings. The number of carbonyl (C=O) groups is 1. The minimum absolute atomic E-state index is 0.318. The number of halogens is 2. The van der Waals surface area contributed by atoms with Gasteiger partial charge in [-0.2, -0.15) is 10.2 Å². The van der Waals surface area contributed by atoms with Crippen LogP contribution in [0.2, 0.25) is 10.0 Å². The molecule has 4 rings (SSSR count). The van der Waals surface area contributed by atoms with Crippen LogP contribution in [0, 0.1) is 6.92 Å². The minimum atomic E-state index is -0.393. The molecule has 7 nitrogen and oxygen atoms in total. The molecule has 9 heteroatoms. The van der Waals surface area contributed by atoms with Crippen LogP contribution in [0.3, 0.4) is 0 Å². The van der Waals surface area contributed by atoms with Gasteiger partial charge in [-0.1, -0.05) is 29.3 Å². The fourth-order valence-corrected chi connectivity index (χ4v) is 3.48. The molecule has 0 aliphatic carbocycles. The molecule has 28 heavy (non-hydrogen) atoms. The molecule has 0 saturated heterocycles. The first kappa shape index (κ1) is 18.5. The number of hydrogen-bond acceptors (Lipinski definition) is 4. The molecule has 1 N–H and O–H groups in total. The van der Waals surface area contributed by atoms with Crippen molar-refractivity contribution in [2.75, 3.05) is 5.32 Å². The van der Waals surface area contributed by atoms with Crippen LogP contribution in [0.1, 0.15) is 23.0 Å². The summed E-state index contributed by atoms with van der Waals surface area (Å²) in [5.74, 6) is -0.393. The Labute approximate surface area is 170 Å². The molecule has 3 aromatic heterocycles. The van der Waals surface area contributed by atoms with Crippen molar-refractivity contribution in [2.24, 2.45) is 0 Å². The van der Waals surface area contributed by atoms with Gasteiger partial charge < -0.3 is 5.32 Å². The highest BCUT2D eigenvalue weighted by molar-refractivity contribution is 6.40. The Balaban J connectivity index is 1.76. The topological polar surface area (TPSA) is 77.1 Å². The van der Waals surface area contributed by atoms with Gasteiger partial charge in [0.1, 0.15) is 5.56 Å². The number of aryl methyl sites for hydroxylation is 2. The summed E-state index contributed by atoms with van der Waals surface area (Å²) in [5, 5.41) is 12.3. The summed E-state index contributed by atoms with van der Waals surface area (Å²) in [4.78, 5) is 17.2. The van der Waals surface area contributed by atoms with Crippen LogP contribution >= 0.6 is 23.2 Å². The molecule has 0 aliphatic rings. The van der Waals surface area contributed by atoms with E-state index in [1.807, 2.05) is 30.8 Å². The quantitative estimate of drug-likeness (QED) is 0.533. The highest BCUT2D eigenvalue weighted by Crippen LogP contribution is 2.30. The lowest BCUT2D eigenvalue weighted by Gasteiger charge is -2.08. The molecule has 0 saturated carbocycles. The van der Waals surface area contributed by atoms with Gasteiger partial charge in [0.2, 0.25) is 0 Å². The van der Waals surface area contributed by atoms with Crippen molar-refractivity contribution in [1.82, 2.24) is 24.4 Å². The zero-order chi connectivity index (χ0) is 19.8.